The van der Waals surface area contributed by atoms with E-state index in [4.69, 9.17) is 9.84 Å². The van der Waals surface area contributed by atoms with Crippen LogP contribution in [0.4, 0.5) is 0 Å². The maximum absolute atomic E-state index is 11.6. The molecular weight excluding hydrogens is 418 g/mol. The summed E-state index contributed by atoms with van der Waals surface area (Å²) in [7, 11) is 0. The van der Waals surface area contributed by atoms with Crippen molar-refractivity contribution in [1.82, 2.24) is 15.2 Å². The topological polar surface area (TPSA) is 125 Å². The van der Waals surface area contributed by atoms with Gasteiger partial charge in [-0.05, 0) is 59.7 Å². The van der Waals surface area contributed by atoms with Crippen LogP contribution < -0.4 is 4.74 Å². The van der Waals surface area contributed by atoms with Gasteiger partial charge in [0.25, 0.3) is 0 Å². The van der Waals surface area contributed by atoms with Crippen molar-refractivity contribution in [3.8, 4) is 5.75 Å². The van der Waals surface area contributed by atoms with E-state index in [1.165, 1.54) is 12.1 Å². The number of ether oxygens (including phenoxy) is 1. The maximum atomic E-state index is 11.6. The highest BCUT2D eigenvalue weighted by atomic mass is 32.2. The molecule has 1 aromatic heterocycles. The number of aromatic amines is 1. The highest BCUT2D eigenvalue weighted by Gasteiger charge is 2.13. The average molecular weight is 439 g/mol. The van der Waals surface area contributed by atoms with Gasteiger partial charge < -0.3 is 14.9 Å². The smallest absolute Gasteiger partial charge is 0.342 e. The fraction of sp³-hybridized carbons (Fsp3) is 0.182. The Morgan fingerprint density at radius 1 is 1.10 bits per heavy atom. The lowest BCUT2D eigenvalue weighted by Gasteiger charge is -2.07. The summed E-state index contributed by atoms with van der Waals surface area (Å²) in [5, 5.41) is 25.7. The van der Waals surface area contributed by atoms with Crippen LogP contribution >= 0.6 is 11.8 Å². The number of hydrogen-bond donors (Lipinski definition) is 3. The Kier molecular flexibility index (Phi) is 7.45. The second kappa shape index (κ2) is 10.4. The van der Waals surface area contributed by atoms with E-state index < -0.39 is 11.9 Å². The molecule has 0 aliphatic rings. The molecule has 8 nitrogen and oxygen atoms in total. The SMILES string of the molecule is CCCc1nc(S/C(=C\c2ccc(OCc3ccc(C(=O)O)cc3)cc2)C(=O)O)n[nH]1. The molecule has 0 unspecified atom stereocenters. The second-order valence-corrected chi connectivity index (χ2v) is 7.60. The standard InChI is InChI=1S/C22H21N3O5S/c1-2-3-19-23-22(25-24-19)31-18(21(28)29)12-14-6-10-17(11-7-14)30-13-15-4-8-16(9-5-15)20(26)27/h4-12H,2-3,13H2,1H3,(H,26,27)(H,28,29)(H,23,24,25)/b18-12-. The van der Waals surface area contributed by atoms with E-state index >= 15 is 0 Å². The van der Waals surface area contributed by atoms with Crippen molar-refractivity contribution in [1.29, 1.82) is 0 Å². The molecule has 31 heavy (non-hydrogen) atoms. The predicted molar refractivity (Wildman–Crippen MR) is 116 cm³/mol. The van der Waals surface area contributed by atoms with Crippen molar-refractivity contribution in [3.05, 3.63) is 76.0 Å². The van der Waals surface area contributed by atoms with Crippen LogP contribution in [0.1, 0.15) is 40.7 Å². The summed E-state index contributed by atoms with van der Waals surface area (Å²) in [6.07, 6.45) is 3.23. The van der Waals surface area contributed by atoms with Crippen LogP contribution in [0.2, 0.25) is 0 Å². The number of carboxylic acid groups (broad SMARTS) is 2. The number of aromatic nitrogens is 3. The van der Waals surface area contributed by atoms with Crippen LogP contribution in [0.25, 0.3) is 6.08 Å². The molecule has 160 valence electrons. The van der Waals surface area contributed by atoms with E-state index in [1.54, 1.807) is 42.5 Å². The molecule has 0 saturated heterocycles. The van der Waals surface area contributed by atoms with Crippen molar-refractivity contribution in [3.63, 3.8) is 0 Å². The Balaban J connectivity index is 1.63. The van der Waals surface area contributed by atoms with Crippen LogP contribution in [-0.2, 0) is 17.8 Å². The van der Waals surface area contributed by atoms with Crippen LogP contribution in [0.15, 0.2) is 58.6 Å². The molecule has 0 fully saturated rings. The third-order valence-electron chi connectivity index (χ3n) is 4.19. The van der Waals surface area contributed by atoms with E-state index in [2.05, 4.69) is 15.2 Å². The number of rotatable bonds is 10. The molecule has 3 aromatic rings. The zero-order valence-electron chi connectivity index (χ0n) is 16.7. The van der Waals surface area contributed by atoms with Gasteiger partial charge in [-0.15, -0.1) is 5.10 Å². The quantitative estimate of drug-likeness (QED) is 0.316. The number of nitrogens with zero attached hydrogens (tertiary/aromatic N) is 2. The summed E-state index contributed by atoms with van der Waals surface area (Å²) >= 11 is 0.988. The minimum atomic E-state index is -1.06. The van der Waals surface area contributed by atoms with Crippen LogP contribution in [0.3, 0.4) is 0 Å². The van der Waals surface area contributed by atoms with Crippen LogP contribution in [0, 0.1) is 0 Å². The first-order chi connectivity index (χ1) is 14.9. The van der Waals surface area contributed by atoms with Crippen molar-refractivity contribution in [2.24, 2.45) is 0 Å². The molecule has 3 N–H and O–H groups in total. The lowest BCUT2D eigenvalue weighted by atomic mass is 10.1. The summed E-state index contributed by atoms with van der Waals surface area (Å²) in [5.41, 5.74) is 1.76. The summed E-state index contributed by atoms with van der Waals surface area (Å²) in [5.74, 6) is -0.688. The van der Waals surface area contributed by atoms with E-state index in [-0.39, 0.29) is 17.1 Å². The number of thioether (sulfide) groups is 1. The number of carbonyl (C=O) groups is 2. The molecule has 3 rings (SSSR count). The lowest BCUT2D eigenvalue weighted by Crippen LogP contribution is -1.99. The summed E-state index contributed by atoms with van der Waals surface area (Å²) in [4.78, 5) is 26.9. The minimum Gasteiger partial charge on any atom is -0.489 e. The zero-order valence-corrected chi connectivity index (χ0v) is 17.6. The number of aryl methyl sites for hydroxylation is 1. The monoisotopic (exact) mass is 439 g/mol. The largest absolute Gasteiger partial charge is 0.489 e. The van der Waals surface area contributed by atoms with E-state index in [0.717, 1.165) is 36.0 Å². The first kappa shape index (κ1) is 22.1. The fourth-order valence-electron chi connectivity index (χ4n) is 2.63. The number of H-pyrrole nitrogens is 1. The molecule has 0 amide bonds. The fourth-order valence-corrected chi connectivity index (χ4v) is 3.35. The van der Waals surface area contributed by atoms with E-state index in [1.807, 2.05) is 6.92 Å². The van der Waals surface area contributed by atoms with Crippen molar-refractivity contribution in [2.45, 2.75) is 31.5 Å². The van der Waals surface area contributed by atoms with Gasteiger partial charge in [-0.3, -0.25) is 5.10 Å². The molecule has 0 aliphatic heterocycles. The zero-order chi connectivity index (χ0) is 22.2. The number of carboxylic acids is 2. The first-order valence-electron chi connectivity index (χ1n) is 9.54. The molecule has 0 aliphatic carbocycles. The normalized spacial score (nSPS) is 11.3. The maximum Gasteiger partial charge on any atom is 0.342 e. The van der Waals surface area contributed by atoms with Crippen molar-refractivity contribution in [2.75, 3.05) is 0 Å². The Bertz CT molecular complexity index is 1080. The lowest BCUT2D eigenvalue weighted by molar-refractivity contribution is -0.131. The van der Waals surface area contributed by atoms with Gasteiger partial charge in [0, 0.05) is 6.42 Å². The number of benzene rings is 2. The minimum absolute atomic E-state index is 0.106. The van der Waals surface area contributed by atoms with Gasteiger partial charge in [0.2, 0.25) is 5.16 Å². The van der Waals surface area contributed by atoms with Crippen LogP contribution in [0.5, 0.6) is 5.75 Å². The summed E-state index contributed by atoms with van der Waals surface area (Å²) < 4.78 is 5.71. The van der Waals surface area contributed by atoms with Gasteiger partial charge in [0.1, 0.15) is 23.1 Å². The highest BCUT2D eigenvalue weighted by Crippen LogP contribution is 2.26. The highest BCUT2D eigenvalue weighted by molar-refractivity contribution is 8.04. The van der Waals surface area contributed by atoms with E-state index in [9.17, 15) is 14.7 Å². The Morgan fingerprint density at radius 3 is 2.42 bits per heavy atom. The Hall–Kier alpha value is -3.59. The van der Waals surface area contributed by atoms with Crippen molar-refractivity contribution < 1.29 is 24.5 Å². The number of aromatic carboxylic acids is 1. The third kappa shape index (κ3) is 6.45. The number of hydrogen-bond acceptors (Lipinski definition) is 6. The Labute approximate surface area is 183 Å². The second-order valence-electron chi connectivity index (χ2n) is 6.59. The molecule has 0 saturated carbocycles. The predicted octanol–water partition coefficient (Wildman–Crippen LogP) is 4.25. The van der Waals surface area contributed by atoms with E-state index in [0.29, 0.717) is 16.5 Å². The number of nitrogens with one attached hydrogen (secondary N) is 1. The molecule has 2 aromatic carbocycles. The molecule has 0 radical (unpaired) electrons. The van der Waals surface area contributed by atoms with Gasteiger partial charge in [-0.1, -0.05) is 31.2 Å². The van der Waals surface area contributed by atoms with Crippen molar-refractivity contribution >= 4 is 29.8 Å². The molecule has 0 bridgehead atoms. The van der Waals surface area contributed by atoms with Gasteiger partial charge in [0.05, 0.1) is 5.56 Å². The molecule has 0 spiro atoms. The molecule has 1 heterocycles. The van der Waals surface area contributed by atoms with Gasteiger partial charge in [-0.25, -0.2) is 14.6 Å². The summed E-state index contributed by atoms with van der Waals surface area (Å²) in [6, 6.07) is 13.5. The average Bonchev–Trinajstić information content (AvgIpc) is 3.20. The molecule has 0 atom stereocenters. The summed E-state index contributed by atoms with van der Waals surface area (Å²) in [6.45, 7) is 2.32. The number of aliphatic carboxylic acids is 1. The van der Waals surface area contributed by atoms with Gasteiger partial charge >= 0.3 is 11.9 Å². The molecule has 9 heteroatoms. The third-order valence-corrected chi connectivity index (χ3v) is 5.07. The van der Waals surface area contributed by atoms with Gasteiger partial charge in [-0.2, -0.15) is 0 Å². The molecular formula is C22H21N3O5S. The first-order valence-corrected chi connectivity index (χ1v) is 10.4. The van der Waals surface area contributed by atoms with Gasteiger partial charge in [0.15, 0.2) is 0 Å². The van der Waals surface area contributed by atoms with Crippen LogP contribution in [-0.4, -0.2) is 37.3 Å². The Morgan fingerprint density at radius 2 is 1.81 bits per heavy atom.